The predicted octanol–water partition coefficient (Wildman–Crippen LogP) is 2.66. The largest absolute Gasteiger partial charge is 0.462 e. The predicted molar refractivity (Wildman–Crippen MR) is 50.3 cm³/mol. The number of esters is 1. The normalized spacial score (nSPS) is 35.5. The first-order valence-electron chi connectivity index (χ1n) is 5.56. The average Bonchev–Trinajstić information content (AvgIpc) is 2.08. The van der Waals surface area contributed by atoms with Gasteiger partial charge in [0.2, 0.25) is 0 Å². The van der Waals surface area contributed by atoms with Gasteiger partial charge in [-0.15, -0.1) is 0 Å². The molecule has 1 saturated carbocycles. The van der Waals surface area contributed by atoms with Gasteiger partial charge in [0.1, 0.15) is 6.10 Å². The number of ether oxygens (including phenoxy) is 1. The number of rotatable bonds is 0. The molecule has 2 heteroatoms. The summed E-state index contributed by atoms with van der Waals surface area (Å²) in [5.74, 6) is 0.708. The average molecular weight is 182 g/mol. The molecular formula is C11H18O2. The van der Waals surface area contributed by atoms with Crippen LogP contribution in [0.25, 0.3) is 0 Å². The molecule has 13 heavy (non-hydrogen) atoms. The topological polar surface area (TPSA) is 26.3 Å². The first kappa shape index (κ1) is 9.04. The number of carbonyl (C=O) groups excluding carboxylic acids is 1. The Kier molecular flexibility index (Phi) is 2.87. The smallest absolute Gasteiger partial charge is 0.306 e. The van der Waals surface area contributed by atoms with E-state index in [0.717, 1.165) is 12.8 Å². The van der Waals surface area contributed by atoms with E-state index in [0.29, 0.717) is 12.3 Å². The Labute approximate surface area is 79.7 Å². The Morgan fingerprint density at radius 3 is 2.62 bits per heavy atom. The summed E-state index contributed by atoms with van der Waals surface area (Å²) in [6.45, 7) is 0. The van der Waals surface area contributed by atoms with Gasteiger partial charge in [0.15, 0.2) is 0 Å². The van der Waals surface area contributed by atoms with Crippen LogP contribution in [-0.2, 0) is 9.53 Å². The highest BCUT2D eigenvalue weighted by atomic mass is 16.5. The van der Waals surface area contributed by atoms with Crippen molar-refractivity contribution in [2.75, 3.05) is 0 Å². The molecule has 1 aliphatic carbocycles. The minimum Gasteiger partial charge on any atom is -0.462 e. The molecule has 2 fully saturated rings. The highest BCUT2D eigenvalue weighted by molar-refractivity contribution is 5.70. The minimum atomic E-state index is 0.0295. The van der Waals surface area contributed by atoms with E-state index in [1.807, 2.05) is 0 Å². The first-order valence-corrected chi connectivity index (χ1v) is 5.56. The zero-order valence-corrected chi connectivity index (χ0v) is 8.13. The quantitative estimate of drug-likeness (QED) is 0.538. The minimum absolute atomic E-state index is 0.0295. The second kappa shape index (κ2) is 4.12. The number of carbonyl (C=O) groups is 1. The third-order valence-electron chi connectivity index (χ3n) is 3.34. The van der Waals surface area contributed by atoms with Crippen LogP contribution in [-0.4, -0.2) is 12.1 Å². The highest BCUT2D eigenvalue weighted by Crippen LogP contribution is 2.31. The molecule has 0 aromatic heterocycles. The lowest BCUT2D eigenvalue weighted by Gasteiger charge is -2.32. The lowest BCUT2D eigenvalue weighted by atomic mass is 9.84. The summed E-state index contributed by atoms with van der Waals surface area (Å²) in [6.07, 6.45) is 9.64. The summed E-state index contributed by atoms with van der Waals surface area (Å²) >= 11 is 0. The molecule has 2 atom stereocenters. The summed E-state index contributed by atoms with van der Waals surface area (Å²) in [5, 5.41) is 0. The van der Waals surface area contributed by atoms with Crippen LogP contribution in [0.3, 0.4) is 0 Å². The van der Waals surface area contributed by atoms with Crippen molar-refractivity contribution in [3.8, 4) is 0 Å². The Bertz CT molecular complexity index is 189. The van der Waals surface area contributed by atoms with Crippen LogP contribution >= 0.6 is 0 Å². The van der Waals surface area contributed by atoms with Crippen LogP contribution in [0.4, 0.5) is 0 Å². The standard InChI is InChI=1S/C11H18O2/c12-11-8-7-9-5-3-1-2-4-6-10(9)13-11/h9-10H,1-8H2. The molecule has 0 aromatic rings. The van der Waals surface area contributed by atoms with Crippen LogP contribution in [0.1, 0.15) is 51.4 Å². The first-order chi connectivity index (χ1) is 6.36. The summed E-state index contributed by atoms with van der Waals surface area (Å²) in [6, 6.07) is 0. The summed E-state index contributed by atoms with van der Waals surface area (Å²) in [7, 11) is 0. The van der Waals surface area contributed by atoms with Crippen LogP contribution in [0.15, 0.2) is 0 Å². The molecule has 1 aliphatic heterocycles. The molecule has 1 heterocycles. The molecule has 2 rings (SSSR count). The van der Waals surface area contributed by atoms with E-state index in [2.05, 4.69) is 0 Å². The summed E-state index contributed by atoms with van der Waals surface area (Å²) in [5.41, 5.74) is 0. The fraction of sp³-hybridized carbons (Fsp3) is 0.909. The van der Waals surface area contributed by atoms with E-state index in [4.69, 9.17) is 4.74 Å². The van der Waals surface area contributed by atoms with Gasteiger partial charge in [-0.25, -0.2) is 0 Å². The van der Waals surface area contributed by atoms with E-state index < -0.39 is 0 Å². The van der Waals surface area contributed by atoms with Crippen molar-refractivity contribution in [2.24, 2.45) is 5.92 Å². The summed E-state index contributed by atoms with van der Waals surface area (Å²) < 4.78 is 5.39. The maximum absolute atomic E-state index is 11.1. The van der Waals surface area contributed by atoms with Crippen molar-refractivity contribution in [3.63, 3.8) is 0 Å². The Morgan fingerprint density at radius 1 is 1.00 bits per heavy atom. The molecule has 2 nitrogen and oxygen atoms in total. The van der Waals surface area contributed by atoms with Gasteiger partial charge in [0.25, 0.3) is 0 Å². The van der Waals surface area contributed by atoms with Gasteiger partial charge in [0.05, 0.1) is 0 Å². The second-order valence-electron chi connectivity index (χ2n) is 4.32. The van der Waals surface area contributed by atoms with Gasteiger partial charge in [-0.2, -0.15) is 0 Å². The van der Waals surface area contributed by atoms with Gasteiger partial charge < -0.3 is 4.74 Å². The van der Waals surface area contributed by atoms with Crippen LogP contribution in [0.5, 0.6) is 0 Å². The number of hydrogen-bond donors (Lipinski definition) is 0. The zero-order valence-electron chi connectivity index (χ0n) is 8.13. The maximum Gasteiger partial charge on any atom is 0.306 e. The van der Waals surface area contributed by atoms with Gasteiger partial charge >= 0.3 is 5.97 Å². The monoisotopic (exact) mass is 182 g/mol. The van der Waals surface area contributed by atoms with Crippen molar-refractivity contribution in [2.45, 2.75) is 57.5 Å². The zero-order chi connectivity index (χ0) is 9.10. The molecule has 2 unspecified atom stereocenters. The van der Waals surface area contributed by atoms with E-state index in [1.165, 1.54) is 32.1 Å². The third kappa shape index (κ3) is 2.23. The third-order valence-corrected chi connectivity index (χ3v) is 3.34. The lowest BCUT2D eigenvalue weighted by molar-refractivity contribution is -0.159. The lowest BCUT2D eigenvalue weighted by Crippen LogP contribution is -2.33. The van der Waals surface area contributed by atoms with E-state index in [-0.39, 0.29) is 12.1 Å². The van der Waals surface area contributed by atoms with Crippen LogP contribution in [0.2, 0.25) is 0 Å². The van der Waals surface area contributed by atoms with Gasteiger partial charge in [-0.1, -0.05) is 19.3 Å². The molecule has 0 radical (unpaired) electrons. The van der Waals surface area contributed by atoms with Crippen molar-refractivity contribution in [1.82, 2.24) is 0 Å². The van der Waals surface area contributed by atoms with Crippen molar-refractivity contribution in [3.05, 3.63) is 0 Å². The summed E-state index contributed by atoms with van der Waals surface area (Å²) in [4.78, 5) is 11.1. The molecule has 0 N–H and O–H groups in total. The second-order valence-corrected chi connectivity index (χ2v) is 4.32. The molecule has 0 amide bonds. The van der Waals surface area contributed by atoms with Gasteiger partial charge in [-0.05, 0) is 31.6 Å². The Morgan fingerprint density at radius 2 is 1.77 bits per heavy atom. The van der Waals surface area contributed by atoms with Crippen molar-refractivity contribution in [1.29, 1.82) is 0 Å². The molecule has 0 bridgehead atoms. The maximum atomic E-state index is 11.1. The molecule has 1 saturated heterocycles. The van der Waals surface area contributed by atoms with Crippen molar-refractivity contribution < 1.29 is 9.53 Å². The van der Waals surface area contributed by atoms with Crippen molar-refractivity contribution >= 4 is 5.97 Å². The molecule has 74 valence electrons. The van der Waals surface area contributed by atoms with Crippen LogP contribution in [0, 0.1) is 5.92 Å². The molecule has 0 spiro atoms. The number of hydrogen-bond acceptors (Lipinski definition) is 2. The fourth-order valence-electron chi connectivity index (χ4n) is 2.54. The van der Waals surface area contributed by atoms with Gasteiger partial charge in [-0.3, -0.25) is 4.79 Å². The SMILES string of the molecule is O=C1CCC2CCCCCCC2O1. The highest BCUT2D eigenvalue weighted by Gasteiger charge is 2.30. The Hall–Kier alpha value is -0.530. The fourth-order valence-corrected chi connectivity index (χ4v) is 2.54. The van der Waals surface area contributed by atoms with Crippen LogP contribution < -0.4 is 0 Å². The number of fused-ring (bicyclic) bond motifs is 1. The molecule has 0 aromatic carbocycles. The molecular weight excluding hydrogens is 164 g/mol. The molecule has 2 aliphatic rings. The van der Waals surface area contributed by atoms with E-state index in [9.17, 15) is 4.79 Å². The van der Waals surface area contributed by atoms with E-state index >= 15 is 0 Å². The Balaban J connectivity index is 1.94. The van der Waals surface area contributed by atoms with Gasteiger partial charge in [0, 0.05) is 6.42 Å². The van der Waals surface area contributed by atoms with E-state index in [1.54, 1.807) is 0 Å².